The summed E-state index contributed by atoms with van der Waals surface area (Å²) in [5.41, 5.74) is -13.2. The van der Waals surface area contributed by atoms with E-state index in [2.05, 4.69) is 5.32 Å². The fourth-order valence-electron chi connectivity index (χ4n) is 3.48. The molecule has 0 fully saturated rings. The van der Waals surface area contributed by atoms with E-state index in [-0.39, 0.29) is 20.9 Å². The average Bonchev–Trinajstić information content (AvgIpc) is 2.87. The molecule has 3 aromatic carbocycles. The topological polar surface area (TPSA) is 49.4 Å². The van der Waals surface area contributed by atoms with E-state index in [0.29, 0.717) is 12.1 Å². The summed E-state index contributed by atoms with van der Waals surface area (Å²) in [4.78, 5) is 25.4. The minimum Gasteiger partial charge on any atom is -0.322 e. The predicted octanol–water partition coefficient (Wildman–Crippen LogP) is 9.18. The van der Waals surface area contributed by atoms with Gasteiger partial charge in [0.25, 0.3) is 11.8 Å². The van der Waals surface area contributed by atoms with E-state index in [0.717, 1.165) is 41.1 Å². The Morgan fingerprint density at radius 3 is 1.90 bits per heavy atom. The lowest BCUT2D eigenvalue weighted by Crippen LogP contribution is -2.50. The van der Waals surface area contributed by atoms with Crippen molar-refractivity contribution in [1.82, 2.24) is 0 Å². The molecule has 0 saturated carbocycles. The quantitative estimate of drug-likeness (QED) is 0.123. The molecule has 3 aromatic rings. The highest BCUT2D eigenvalue weighted by Crippen LogP contribution is 2.54. The van der Waals surface area contributed by atoms with Crippen molar-refractivity contribution in [2.75, 3.05) is 8.43 Å². The number of carbonyl (C=O) groups is 2. The van der Waals surface area contributed by atoms with Crippen LogP contribution in [0.25, 0.3) is 0 Å². The molecule has 0 heterocycles. The van der Waals surface area contributed by atoms with Gasteiger partial charge in [-0.25, -0.2) is 16.3 Å². The number of rotatable bonds is 5. The van der Waals surface area contributed by atoms with Gasteiger partial charge in [0.15, 0.2) is 11.6 Å². The van der Waals surface area contributed by atoms with Crippen LogP contribution in [0, 0.1) is 11.6 Å². The molecule has 0 aliphatic rings. The lowest BCUT2D eigenvalue weighted by molar-refractivity contribution is -0.348. The first-order chi connectivity index (χ1) is 19.1. The number of carbonyl (C=O) groups excluding carboxylic acids is 2. The molecule has 18 heteroatoms. The van der Waals surface area contributed by atoms with Gasteiger partial charge < -0.3 is 5.32 Å². The monoisotopic (exact) mass is 748 g/mol. The molecule has 226 valence electrons. The highest BCUT2D eigenvalue weighted by Gasteiger charge is 2.73. The molecule has 0 bridgehead atoms. The summed E-state index contributed by atoms with van der Waals surface area (Å²) in [6.45, 7) is 0. The number of halogens is 14. The van der Waals surface area contributed by atoms with Crippen LogP contribution in [0.5, 0.6) is 0 Å². The second-order valence-electron chi connectivity index (χ2n) is 8.25. The Labute approximate surface area is 245 Å². The number of hydrogen-bond donors (Lipinski definition) is 1. The van der Waals surface area contributed by atoms with Gasteiger partial charge in [0.05, 0.1) is 44.7 Å². The largest absolute Gasteiger partial charge is 0.435 e. The van der Waals surface area contributed by atoms with E-state index in [1.165, 1.54) is 6.07 Å². The summed E-state index contributed by atoms with van der Waals surface area (Å²) in [5.74, 6) is -5.18. The van der Waals surface area contributed by atoms with E-state index in [9.17, 15) is 62.3 Å². The first kappa shape index (κ1) is 33.3. The molecule has 0 aliphatic heterocycles. The van der Waals surface area contributed by atoms with Crippen molar-refractivity contribution in [2.45, 2.75) is 24.2 Å². The summed E-state index contributed by atoms with van der Waals surface area (Å²) in [5, 5.41) is 1.70. The standard InChI is InChI=1S/C24H10ClF12IN2O2/c25-15-9-17(27)16(26)8-13(15)19(41)39-12-3-1-2-10(6-12)20(42)40(38)18-5-4-11(7-14(18)22(29,30)31)21(28,23(32,33)34)24(35,36)37/h1-9H,(H,39,41). The number of nitrogens with one attached hydrogen (secondary N) is 1. The second-order valence-corrected chi connectivity index (χ2v) is 9.62. The van der Waals surface area contributed by atoms with Crippen LogP contribution in [0.3, 0.4) is 0 Å². The summed E-state index contributed by atoms with van der Waals surface area (Å²) >= 11 is 6.71. The minimum atomic E-state index is -6.69. The van der Waals surface area contributed by atoms with Gasteiger partial charge in [0.1, 0.15) is 0 Å². The first-order valence-corrected chi connectivity index (χ1v) is 12.0. The zero-order valence-corrected chi connectivity index (χ0v) is 22.7. The van der Waals surface area contributed by atoms with Crippen LogP contribution >= 0.6 is 34.5 Å². The number of anilines is 2. The third-order valence-corrected chi connectivity index (χ3v) is 6.76. The number of amides is 2. The second kappa shape index (κ2) is 11.5. The Kier molecular flexibility index (Phi) is 9.08. The smallest absolute Gasteiger partial charge is 0.322 e. The van der Waals surface area contributed by atoms with Gasteiger partial charge in [-0.1, -0.05) is 23.7 Å². The molecule has 4 nitrogen and oxygen atoms in total. The third kappa shape index (κ3) is 6.40. The van der Waals surface area contributed by atoms with Crippen LogP contribution in [0.1, 0.15) is 31.8 Å². The van der Waals surface area contributed by atoms with Crippen molar-refractivity contribution in [3.8, 4) is 0 Å². The van der Waals surface area contributed by atoms with E-state index >= 15 is 0 Å². The van der Waals surface area contributed by atoms with Crippen LogP contribution in [-0.2, 0) is 11.8 Å². The molecular weight excluding hydrogens is 739 g/mol. The highest BCUT2D eigenvalue weighted by molar-refractivity contribution is 14.1. The van der Waals surface area contributed by atoms with Crippen LogP contribution in [0.4, 0.5) is 64.1 Å². The molecule has 0 radical (unpaired) electrons. The molecular formula is C24H10ClF12IN2O2. The summed E-state index contributed by atoms with van der Waals surface area (Å²) < 4.78 is 161. The highest BCUT2D eigenvalue weighted by atomic mass is 127. The van der Waals surface area contributed by atoms with Crippen molar-refractivity contribution in [3.05, 3.63) is 93.5 Å². The van der Waals surface area contributed by atoms with Crippen LogP contribution in [-0.4, -0.2) is 24.2 Å². The molecule has 0 saturated heterocycles. The molecule has 0 spiro atoms. The SMILES string of the molecule is O=C(Nc1cccc(C(=O)N(I)c2ccc(C(F)(C(F)(F)F)C(F)(F)F)cc2C(F)(F)F)c1)c1cc(F)c(F)cc1Cl. The van der Waals surface area contributed by atoms with Gasteiger partial charge in [-0.05, 0) is 42.5 Å². The molecule has 0 aliphatic carbocycles. The predicted molar refractivity (Wildman–Crippen MR) is 133 cm³/mol. The van der Waals surface area contributed by atoms with Crippen LogP contribution in [0.15, 0.2) is 54.6 Å². The Hall–Kier alpha value is -3.22. The van der Waals surface area contributed by atoms with Crippen LogP contribution in [0.2, 0.25) is 5.02 Å². The fourth-order valence-corrected chi connectivity index (χ4v) is 4.42. The fraction of sp³-hybridized carbons (Fsp3) is 0.167. The van der Waals surface area contributed by atoms with E-state index < -0.39 is 86.7 Å². The van der Waals surface area contributed by atoms with Gasteiger partial charge in [0.2, 0.25) is 0 Å². The molecule has 0 atom stereocenters. The summed E-state index contributed by atoms with van der Waals surface area (Å²) in [7, 11) is 0. The third-order valence-electron chi connectivity index (χ3n) is 5.49. The normalized spacial score (nSPS) is 12.7. The molecule has 42 heavy (non-hydrogen) atoms. The van der Waals surface area contributed by atoms with Crippen molar-refractivity contribution >= 4 is 57.7 Å². The van der Waals surface area contributed by atoms with Gasteiger partial charge in [-0.3, -0.25) is 9.59 Å². The molecule has 0 unspecified atom stereocenters. The average molecular weight is 749 g/mol. The van der Waals surface area contributed by atoms with E-state index in [1.54, 1.807) is 0 Å². The van der Waals surface area contributed by atoms with Crippen molar-refractivity contribution in [1.29, 1.82) is 0 Å². The molecule has 1 N–H and O–H groups in total. The van der Waals surface area contributed by atoms with Crippen LogP contribution < -0.4 is 8.43 Å². The Morgan fingerprint density at radius 2 is 1.36 bits per heavy atom. The van der Waals surface area contributed by atoms with E-state index in [1.807, 2.05) is 0 Å². The maximum absolute atomic E-state index is 14.4. The lowest BCUT2D eigenvalue weighted by Gasteiger charge is -2.31. The van der Waals surface area contributed by atoms with Gasteiger partial charge in [0, 0.05) is 16.8 Å². The summed E-state index contributed by atoms with van der Waals surface area (Å²) in [6, 6.07) is 4.38. The number of hydrogen-bond acceptors (Lipinski definition) is 2. The first-order valence-electron chi connectivity index (χ1n) is 10.7. The number of benzene rings is 3. The van der Waals surface area contributed by atoms with E-state index in [4.69, 9.17) is 11.6 Å². The maximum Gasteiger partial charge on any atom is 0.435 e. The zero-order chi connectivity index (χ0) is 32.0. The van der Waals surface area contributed by atoms with Gasteiger partial charge >= 0.3 is 24.2 Å². The van der Waals surface area contributed by atoms with Crippen molar-refractivity contribution in [2.24, 2.45) is 0 Å². The molecule has 3 rings (SSSR count). The number of nitrogens with zero attached hydrogens (tertiary/aromatic N) is 1. The van der Waals surface area contributed by atoms with Gasteiger partial charge in [-0.2, -0.15) is 39.5 Å². The lowest BCUT2D eigenvalue weighted by atomic mass is 9.92. The van der Waals surface area contributed by atoms with Gasteiger partial charge in [-0.15, -0.1) is 0 Å². The Morgan fingerprint density at radius 1 is 0.786 bits per heavy atom. The minimum absolute atomic E-state index is 0.0605. The Bertz CT molecular complexity index is 1530. The zero-order valence-electron chi connectivity index (χ0n) is 19.8. The maximum atomic E-state index is 14.4. The van der Waals surface area contributed by atoms with Crippen molar-refractivity contribution in [3.63, 3.8) is 0 Å². The molecule has 2 amide bonds. The summed E-state index contributed by atoms with van der Waals surface area (Å²) in [6.07, 6.45) is -19.0. The van der Waals surface area contributed by atoms with Crippen molar-refractivity contribution < 1.29 is 62.3 Å². The molecule has 0 aromatic heterocycles. The Balaban J connectivity index is 2.00. The number of alkyl halides is 10.